The van der Waals surface area contributed by atoms with Gasteiger partial charge < -0.3 is 4.90 Å². The number of carbonyl (C=O) groups excluding carboxylic acids is 1. The third-order valence-corrected chi connectivity index (χ3v) is 10.5. The minimum Gasteiger partial charge on any atom is -0.340 e. The molecule has 2 aromatic rings. The zero-order valence-electron chi connectivity index (χ0n) is 21.7. The highest BCUT2D eigenvalue weighted by molar-refractivity contribution is 7.92. The van der Waals surface area contributed by atoms with E-state index in [1.54, 1.807) is 0 Å². The molecule has 1 saturated carbocycles. The summed E-state index contributed by atoms with van der Waals surface area (Å²) in [6.07, 6.45) is -14.7. The summed E-state index contributed by atoms with van der Waals surface area (Å²) in [7, 11) is -4.87. The second kappa shape index (κ2) is 10.7. The number of hydrogen-bond acceptors (Lipinski definition) is 3. The lowest BCUT2D eigenvalue weighted by Crippen LogP contribution is -2.50. The molecule has 0 bridgehead atoms. The van der Waals surface area contributed by atoms with E-state index in [9.17, 15) is 57.1 Å². The van der Waals surface area contributed by atoms with Crippen LogP contribution in [0, 0.1) is 5.92 Å². The van der Waals surface area contributed by atoms with E-state index < -0.39 is 85.2 Å². The predicted molar refractivity (Wildman–Crippen MR) is 129 cm³/mol. The molecule has 2 fully saturated rings. The molecule has 42 heavy (non-hydrogen) atoms. The summed E-state index contributed by atoms with van der Waals surface area (Å²) in [6.45, 7) is -0.799. The number of carbonyl (C=O) groups is 1. The number of nitrogens with zero attached hydrogens (tertiary/aromatic N) is 1. The first-order valence-electron chi connectivity index (χ1n) is 12.9. The van der Waals surface area contributed by atoms with Gasteiger partial charge in [0.25, 0.3) is 0 Å². The number of rotatable bonds is 5. The largest absolute Gasteiger partial charge is 0.435 e. The van der Waals surface area contributed by atoms with Gasteiger partial charge in [-0.3, -0.25) is 4.79 Å². The standard InChI is InChI=1S/C27H25F10NO3S/c28-24(26(32,33)34,27(35,36)37)19-11-9-18(10-12-19)23(13-14-38(16-23)22(39)17-5-2-1-3-6-17)42(40,41)21-8-4-7-20(15-21)25(29,30)31/h4,7-12,15,17H,1-3,5-6,13-14,16H2. The van der Waals surface area contributed by atoms with Crippen molar-refractivity contribution in [3.8, 4) is 0 Å². The molecule has 0 aromatic heterocycles. The molecule has 1 aliphatic heterocycles. The molecule has 232 valence electrons. The highest BCUT2D eigenvalue weighted by atomic mass is 32.2. The van der Waals surface area contributed by atoms with Crippen LogP contribution in [-0.4, -0.2) is 44.7 Å². The molecule has 1 aliphatic carbocycles. The third kappa shape index (κ3) is 5.37. The topological polar surface area (TPSA) is 54.5 Å². The van der Waals surface area contributed by atoms with E-state index in [0.29, 0.717) is 37.1 Å². The summed E-state index contributed by atoms with van der Waals surface area (Å²) in [6, 6.07) is 4.21. The Kier molecular flexibility index (Phi) is 8.18. The molecule has 1 amide bonds. The van der Waals surface area contributed by atoms with E-state index in [1.165, 1.54) is 4.90 Å². The summed E-state index contributed by atoms with van der Waals surface area (Å²) >= 11 is 0. The van der Waals surface area contributed by atoms with Crippen molar-refractivity contribution in [1.29, 1.82) is 0 Å². The van der Waals surface area contributed by atoms with Crippen LogP contribution >= 0.6 is 0 Å². The minimum atomic E-state index is -6.41. The maximum atomic E-state index is 14.6. The van der Waals surface area contributed by atoms with Gasteiger partial charge in [-0.1, -0.05) is 49.6 Å². The van der Waals surface area contributed by atoms with Crippen LogP contribution < -0.4 is 0 Å². The van der Waals surface area contributed by atoms with Crippen LogP contribution in [0.4, 0.5) is 43.9 Å². The first-order valence-corrected chi connectivity index (χ1v) is 14.4. The zero-order chi connectivity index (χ0) is 31.4. The number of amides is 1. The Hall–Kier alpha value is -2.84. The van der Waals surface area contributed by atoms with Gasteiger partial charge in [0.05, 0.1) is 10.5 Å². The number of halogens is 10. The lowest BCUT2D eigenvalue weighted by Gasteiger charge is -2.33. The van der Waals surface area contributed by atoms with Crippen molar-refractivity contribution in [3.05, 3.63) is 65.2 Å². The molecule has 1 saturated heterocycles. The first kappa shape index (κ1) is 32.1. The molecular formula is C27H25F10NO3S. The van der Waals surface area contributed by atoms with Gasteiger partial charge in [0.2, 0.25) is 5.91 Å². The lowest BCUT2D eigenvalue weighted by molar-refractivity contribution is -0.348. The molecule has 4 nitrogen and oxygen atoms in total. The number of benzene rings is 2. The van der Waals surface area contributed by atoms with E-state index in [2.05, 4.69) is 0 Å². The van der Waals surface area contributed by atoms with Gasteiger partial charge in [0.1, 0.15) is 4.75 Å². The van der Waals surface area contributed by atoms with Gasteiger partial charge in [-0.05, 0) is 43.0 Å². The summed E-state index contributed by atoms with van der Waals surface area (Å²) < 4.78 is 160. The molecule has 15 heteroatoms. The van der Waals surface area contributed by atoms with Crippen molar-refractivity contribution >= 4 is 15.7 Å². The second-order valence-electron chi connectivity index (χ2n) is 10.6. The quantitative estimate of drug-likeness (QED) is 0.321. The Morgan fingerprint density at radius 3 is 1.88 bits per heavy atom. The van der Waals surface area contributed by atoms with Gasteiger partial charge in [-0.2, -0.15) is 39.5 Å². The number of sulfone groups is 1. The van der Waals surface area contributed by atoms with Crippen molar-refractivity contribution in [3.63, 3.8) is 0 Å². The Morgan fingerprint density at radius 2 is 1.36 bits per heavy atom. The highest BCUT2D eigenvalue weighted by Crippen LogP contribution is 2.54. The van der Waals surface area contributed by atoms with Crippen LogP contribution in [-0.2, 0) is 31.2 Å². The molecule has 1 unspecified atom stereocenters. The van der Waals surface area contributed by atoms with E-state index in [-0.39, 0.29) is 18.7 Å². The van der Waals surface area contributed by atoms with Crippen molar-refractivity contribution in [2.24, 2.45) is 5.92 Å². The Balaban J connectivity index is 1.84. The summed E-state index contributed by atoms with van der Waals surface area (Å²) in [5, 5.41) is 0. The van der Waals surface area contributed by atoms with Gasteiger partial charge in [-0.15, -0.1) is 0 Å². The van der Waals surface area contributed by atoms with Crippen molar-refractivity contribution in [2.75, 3.05) is 13.1 Å². The Bertz CT molecular complexity index is 1400. The SMILES string of the molecule is O=C(C1CCCCC1)N1CCC(c2ccc(C(F)(C(F)(F)F)C(F)(F)F)cc2)(S(=O)(=O)c2cccc(C(F)(F)F)c2)C1. The van der Waals surface area contributed by atoms with Crippen LogP contribution in [0.15, 0.2) is 53.4 Å². The molecule has 2 aliphatic rings. The fraction of sp³-hybridized carbons (Fsp3) is 0.519. The van der Waals surface area contributed by atoms with Crippen LogP contribution in [0.25, 0.3) is 0 Å². The van der Waals surface area contributed by atoms with Gasteiger partial charge in [-0.25, -0.2) is 12.8 Å². The number of alkyl halides is 10. The highest BCUT2D eigenvalue weighted by Gasteiger charge is 2.73. The second-order valence-corrected chi connectivity index (χ2v) is 12.9. The third-order valence-electron chi connectivity index (χ3n) is 8.07. The average Bonchev–Trinajstić information content (AvgIpc) is 3.38. The van der Waals surface area contributed by atoms with E-state index in [1.807, 2.05) is 0 Å². The van der Waals surface area contributed by atoms with Crippen molar-refractivity contribution in [1.82, 2.24) is 4.90 Å². The average molecular weight is 634 g/mol. The van der Waals surface area contributed by atoms with E-state index >= 15 is 0 Å². The van der Waals surface area contributed by atoms with E-state index in [0.717, 1.165) is 31.4 Å². The van der Waals surface area contributed by atoms with Crippen LogP contribution in [0.5, 0.6) is 0 Å². The molecule has 2 aromatic carbocycles. The molecular weight excluding hydrogens is 608 g/mol. The normalized spacial score (nSPS) is 21.5. The summed E-state index contributed by atoms with van der Waals surface area (Å²) in [5.74, 6) is -0.830. The smallest absolute Gasteiger partial charge is 0.340 e. The predicted octanol–water partition coefficient (Wildman–Crippen LogP) is 7.48. The number of hydrogen-bond donors (Lipinski definition) is 0. The zero-order valence-corrected chi connectivity index (χ0v) is 22.5. The fourth-order valence-corrected chi connectivity index (χ4v) is 7.87. The molecule has 0 radical (unpaired) electrons. The van der Waals surface area contributed by atoms with Crippen LogP contribution in [0.3, 0.4) is 0 Å². The van der Waals surface area contributed by atoms with Crippen molar-refractivity contribution < 1.29 is 57.1 Å². The monoisotopic (exact) mass is 633 g/mol. The van der Waals surface area contributed by atoms with Gasteiger partial charge >= 0.3 is 24.2 Å². The minimum absolute atomic E-state index is 0.158. The molecule has 1 heterocycles. The molecule has 0 spiro atoms. The fourth-order valence-electron chi connectivity index (χ4n) is 5.74. The van der Waals surface area contributed by atoms with Gasteiger partial charge in [0, 0.05) is 24.6 Å². The molecule has 4 rings (SSSR count). The van der Waals surface area contributed by atoms with Crippen molar-refractivity contribution in [2.45, 2.75) is 72.4 Å². The maximum absolute atomic E-state index is 14.6. The van der Waals surface area contributed by atoms with Crippen LogP contribution in [0.2, 0.25) is 0 Å². The molecule has 1 atom stereocenters. The summed E-state index contributed by atoms with van der Waals surface area (Å²) in [4.78, 5) is 13.7. The molecule has 0 N–H and O–H groups in total. The number of likely N-dealkylation sites (tertiary alicyclic amines) is 1. The Morgan fingerprint density at radius 1 is 0.786 bits per heavy atom. The maximum Gasteiger partial charge on any atom is 0.435 e. The first-order chi connectivity index (χ1) is 19.3. The lowest BCUT2D eigenvalue weighted by atomic mass is 9.88. The Labute approximate surface area is 234 Å². The van der Waals surface area contributed by atoms with Crippen LogP contribution in [0.1, 0.15) is 55.2 Å². The van der Waals surface area contributed by atoms with E-state index in [4.69, 9.17) is 0 Å². The van der Waals surface area contributed by atoms with Gasteiger partial charge in [0.15, 0.2) is 9.84 Å². The summed E-state index contributed by atoms with van der Waals surface area (Å²) in [5.41, 5.74) is -9.33.